The molecule has 0 aliphatic rings. The van der Waals surface area contributed by atoms with Gasteiger partial charge in [0.2, 0.25) is 0 Å². The third-order valence-electron chi connectivity index (χ3n) is 2.87. The van der Waals surface area contributed by atoms with Crippen molar-refractivity contribution in [2.75, 3.05) is 26.9 Å². The lowest BCUT2D eigenvalue weighted by molar-refractivity contribution is -0.122. The lowest BCUT2D eigenvalue weighted by Gasteiger charge is -2.06. The number of hydrogen-bond donors (Lipinski definition) is 1. The molecule has 0 saturated heterocycles. The van der Waals surface area contributed by atoms with Crippen molar-refractivity contribution in [1.29, 1.82) is 0 Å². The van der Waals surface area contributed by atoms with E-state index >= 15 is 0 Å². The largest absolute Gasteiger partial charge is 0.497 e. The highest BCUT2D eigenvalue weighted by atomic mass is 16.5. The molecule has 1 N–H and O–H groups in total. The second-order valence-electron chi connectivity index (χ2n) is 4.57. The maximum atomic E-state index is 11.6. The molecule has 0 fully saturated rings. The van der Waals surface area contributed by atoms with Crippen LogP contribution in [0.5, 0.6) is 17.2 Å². The van der Waals surface area contributed by atoms with Crippen molar-refractivity contribution in [2.45, 2.75) is 0 Å². The van der Waals surface area contributed by atoms with Gasteiger partial charge in [0.15, 0.2) is 6.61 Å². The van der Waals surface area contributed by atoms with Crippen LogP contribution in [0.25, 0.3) is 0 Å². The molecule has 0 spiro atoms. The summed E-state index contributed by atoms with van der Waals surface area (Å²) in [6.07, 6.45) is 3.28. The van der Waals surface area contributed by atoms with Crippen molar-refractivity contribution in [1.82, 2.24) is 10.3 Å². The summed E-state index contributed by atoms with van der Waals surface area (Å²) in [4.78, 5) is 15.6. The Hall–Kier alpha value is -3.20. The first-order chi connectivity index (χ1) is 11.8. The number of hydrogen-bond acceptors (Lipinski definition) is 5. The van der Waals surface area contributed by atoms with E-state index in [1.54, 1.807) is 55.9 Å². The summed E-state index contributed by atoms with van der Waals surface area (Å²) in [6.45, 7) is 0.408. The molecule has 0 aliphatic carbocycles. The maximum Gasteiger partial charge on any atom is 0.258 e. The summed E-state index contributed by atoms with van der Waals surface area (Å²) in [6, 6.07) is 10.6. The number of aromatic nitrogens is 1. The molecule has 1 aromatic heterocycles. The van der Waals surface area contributed by atoms with Crippen LogP contribution in [-0.4, -0.2) is 37.8 Å². The monoisotopic (exact) mass is 326 g/mol. The maximum absolute atomic E-state index is 11.6. The molecule has 1 amide bonds. The van der Waals surface area contributed by atoms with Crippen LogP contribution in [-0.2, 0) is 4.79 Å². The molecular weight excluding hydrogens is 308 g/mol. The van der Waals surface area contributed by atoms with E-state index in [2.05, 4.69) is 22.1 Å². The van der Waals surface area contributed by atoms with Crippen molar-refractivity contribution in [3.05, 3.63) is 48.8 Å². The van der Waals surface area contributed by atoms with Gasteiger partial charge in [-0.05, 0) is 36.4 Å². The topological polar surface area (TPSA) is 69.7 Å². The smallest absolute Gasteiger partial charge is 0.258 e. The van der Waals surface area contributed by atoms with Crippen molar-refractivity contribution >= 4 is 5.91 Å². The first kappa shape index (κ1) is 17.2. The number of rotatable bonds is 7. The average Bonchev–Trinajstić information content (AvgIpc) is 2.64. The number of pyridine rings is 1. The van der Waals surface area contributed by atoms with Gasteiger partial charge in [-0.3, -0.25) is 9.78 Å². The minimum absolute atomic E-state index is 0.0693. The zero-order chi connectivity index (χ0) is 17.0. The molecule has 6 heteroatoms. The van der Waals surface area contributed by atoms with Crippen LogP contribution in [0.1, 0.15) is 0 Å². The minimum atomic E-state index is -0.242. The molecule has 6 nitrogen and oxygen atoms in total. The SMILES string of the molecule is COc1ccc(OCC(=O)NCC#CCOc2cccnc2)cc1. The first-order valence-electron chi connectivity index (χ1n) is 7.30. The van der Waals surface area contributed by atoms with E-state index in [1.807, 2.05) is 0 Å². The van der Waals surface area contributed by atoms with Crippen molar-refractivity contribution in [2.24, 2.45) is 0 Å². The Kier molecular flexibility index (Phi) is 6.97. The minimum Gasteiger partial charge on any atom is -0.497 e. The highest BCUT2D eigenvalue weighted by molar-refractivity contribution is 5.77. The molecule has 1 aromatic carbocycles. The molecule has 0 bridgehead atoms. The fourth-order valence-electron chi connectivity index (χ4n) is 1.68. The van der Waals surface area contributed by atoms with Gasteiger partial charge >= 0.3 is 0 Å². The second-order valence-corrected chi connectivity index (χ2v) is 4.57. The molecular formula is C18H18N2O4. The number of nitrogens with zero attached hydrogens (tertiary/aromatic N) is 1. The van der Waals surface area contributed by atoms with E-state index < -0.39 is 0 Å². The predicted octanol–water partition coefficient (Wildman–Crippen LogP) is 1.67. The van der Waals surface area contributed by atoms with Crippen LogP contribution in [0.2, 0.25) is 0 Å². The Bertz CT molecular complexity index is 690. The van der Waals surface area contributed by atoms with Gasteiger partial charge in [0, 0.05) is 6.20 Å². The van der Waals surface area contributed by atoms with Crippen LogP contribution < -0.4 is 19.5 Å². The van der Waals surface area contributed by atoms with Crippen molar-refractivity contribution < 1.29 is 19.0 Å². The standard InChI is InChI=1S/C18H18N2O4/c1-22-15-6-8-16(9-7-15)24-14-18(21)20-11-2-3-12-23-17-5-4-10-19-13-17/h4-10,13H,11-12,14H2,1H3,(H,20,21). The molecule has 0 atom stereocenters. The molecule has 2 rings (SSSR count). The number of benzene rings is 1. The third-order valence-corrected chi connectivity index (χ3v) is 2.87. The van der Waals surface area contributed by atoms with E-state index in [0.29, 0.717) is 11.5 Å². The van der Waals surface area contributed by atoms with Crippen LogP contribution in [0.4, 0.5) is 0 Å². The van der Waals surface area contributed by atoms with Gasteiger partial charge in [-0.15, -0.1) is 0 Å². The number of carbonyl (C=O) groups excluding carboxylic acids is 1. The summed E-state index contributed by atoms with van der Waals surface area (Å²) >= 11 is 0. The summed E-state index contributed by atoms with van der Waals surface area (Å²) in [5, 5.41) is 2.64. The highest BCUT2D eigenvalue weighted by Gasteiger charge is 2.01. The van der Waals surface area contributed by atoms with E-state index in [4.69, 9.17) is 14.2 Å². The summed E-state index contributed by atoms with van der Waals surface area (Å²) < 4.78 is 15.8. The molecule has 124 valence electrons. The highest BCUT2D eigenvalue weighted by Crippen LogP contribution is 2.16. The molecule has 1 heterocycles. The van der Waals surface area contributed by atoms with Gasteiger partial charge < -0.3 is 19.5 Å². The van der Waals surface area contributed by atoms with E-state index in [1.165, 1.54) is 0 Å². The Labute approximate surface area is 140 Å². The fraction of sp³-hybridized carbons (Fsp3) is 0.222. The molecule has 2 aromatic rings. The quantitative estimate of drug-likeness (QED) is 0.784. The van der Waals surface area contributed by atoms with Crippen LogP contribution >= 0.6 is 0 Å². The average molecular weight is 326 g/mol. The lowest BCUT2D eigenvalue weighted by Crippen LogP contribution is -2.29. The Balaban J connectivity index is 1.60. The van der Waals surface area contributed by atoms with Crippen molar-refractivity contribution in [3.8, 4) is 29.1 Å². The number of amides is 1. The van der Waals surface area contributed by atoms with E-state index in [0.717, 1.165) is 5.75 Å². The van der Waals surface area contributed by atoms with Crippen molar-refractivity contribution in [3.63, 3.8) is 0 Å². The van der Waals surface area contributed by atoms with Gasteiger partial charge in [-0.25, -0.2) is 0 Å². The fourth-order valence-corrected chi connectivity index (χ4v) is 1.68. The number of nitrogens with one attached hydrogen (secondary N) is 1. The Morgan fingerprint density at radius 2 is 1.88 bits per heavy atom. The lowest BCUT2D eigenvalue weighted by atomic mass is 10.3. The van der Waals surface area contributed by atoms with Crippen LogP contribution in [0, 0.1) is 11.8 Å². The van der Waals surface area contributed by atoms with E-state index in [9.17, 15) is 4.79 Å². The second kappa shape index (κ2) is 9.74. The normalized spacial score (nSPS) is 9.38. The predicted molar refractivity (Wildman–Crippen MR) is 89.0 cm³/mol. The molecule has 0 radical (unpaired) electrons. The zero-order valence-corrected chi connectivity index (χ0v) is 13.3. The Morgan fingerprint density at radius 1 is 1.08 bits per heavy atom. The molecule has 0 aliphatic heterocycles. The first-order valence-corrected chi connectivity index (χ1v) is 7.30. The van der Waals surface area contributed by atoms with Crippen LogP contribution in [0.3, 0.4) is 0 Å². The molecule has 0 unspecified atom stereocenters. The molecule has 0 saturated carbocycles. The third kappa shape index (κ3) is 6.28. The number of ether oxygens (including phenoxy) is 3. The summed E-state index contributed by atoms with van der Waals surface area (Å²) in [5.41, 5.74) is 0. The van der Waals surface area contributed by atoms with Gasteiger partial charge in [0.1, 0.15) is 23.9 Å². The number of methoxy groups -OCH3 is 1. The molecule has 24 heavy (non-hydrogen) atoms. The van der Waals surface area contributed by atoms with Crippen LogP contribution in [0.15, 0.2) is 48.8 Å². The van der Waals surface area contributed by atoms with Gasteiger partial charge in [-0.2, -0.15) is 0 Å². The van der Waals surface area contributed by atoms with Gasteiger partial charge in [-0.1, -0.05) is 11.8 Å². The van der Waals surface area contributed by atoms with E-state index in [-0.39, 0.29) is 25.7 Å². The Morgan fingerprint density at radius 3 is 2.58 bits per heavy atom. The van der Waals surface area contributed by atoms with Gasteiger partial charge in [0.25, 0.3) is 5.91 Å². The zero-order valence-electron chi connectivity index (χ0n) is 13.3. The van der Waals surface area contributed by atoms with Gasteiger partial charge in [0.05, 0.1) is 19.9 Å². The summed E-state index contributed by atoms with van der Waals surface area (Å²) in [5.74, 6) is 7.35. The summed E-state index contributed by atoms with van der Waals surface area (Å²) in [7, 11) is 1.59. The number of carbonyl (C=O) groups is 1.